The molecule has 2 aromatic rings. The second kappa shape index (κ2) is 10.2. The molecule has 0 radical (unpaired) electrons. The van der Waals surface area contributed by atoms with E-state index >= 15 is 0 Å². The SMILES string of the molecule is CC(=O)Nc1ccc(F)c(NC(=O)[C@@H](NC(=O)OCc2ccccc2)C(C)C)c1. The summed E-state index contributed by atoms with van der Waals surface area (Å²) in [4.78, 5) is 35.9. The van der Waals surface area contributed by atoms with Crippen LogP contribution in [0.4, 0.5) is 20.6 Å². The fraction of sp³-hybridized carbons (Fsp3) is 0.286. The molecule has 0 heterocycles. The number of ether oxygens (including phenoxy) is 1. The lowest BCUT2D eigenvalue weighted by Crippen LogP contribution is -2.47. The number of anilines is 2. The van der Waals surface area contributed by atoms with Gasteiger partial charge in [0.05, 0.1) is 5.69 Å². The average molecular weight is 401 g/mol. The minimum atomic E-state index is -0.943. The van der Waals surface area contributed by atoms with Crippen molar-refractivity contribution >= 4 is 29.3 Å². The zero-order valence-corrected chi connectivity index (χ0v) is 16.5. The van der Waals surface area contributed by atoms with E-state index in [0.29, 0.717) is 5.69 Å². The fourth-order valence-electron chi connectivity index (χ4n) is 2.54. The Hall–Kier alpha value is -3.42. The van der Waals surface area contributed by atoms with Crippen LogP contribution in [0.15, 0.2) is 48.5 Å². The number of carbonyl (C=O) groups is 3. The van der Waals surface area contributed by atoms with Gasteiger partial charge in [-0.05, 0) is 29.7 Å². The van der Waals surface area contributed by atoms with E-state index in [1.165, 1.54) is 19.1 Å². The van der Waals surface area contributed by atoms with Crippen LogP contribution in [-0.2, 0) is 20.9 Å². The van der Waals surface area contributed by atoms with Crippen molar-refractivity contribution in [2.75, 3.05) is 10.6 Å². The molecular weight excluding hydrogens is 377 g/mol. The van der Waals surface area contributed by atoms with E-state index in [-0.39, 0.29) is 24.1 Å². The molecule has 8 heteroatoms. The Bertz CT molecular complexity index is 871. The molecule has 0 saturated heterocycles. The molecule has 0 bridgehead atoms. The zero-order valence-electron chi connectivity index (χ0n) is 16.5. The molecule has 154 valence electrons. The Balaban J connectivity index is 2.02. The normalized spacial score (nSPS) is 11.5. The summed E-state index contributed by atoms with van der Waals surface area (Å²) in [5.74, 6) is -1.87. The van der Waals surface area contributed by atoms with Gasteiger partial charge in [-0.1, -0.05) is 44.2 Å². The minimum absolute atomic E-state index is 0.0620. The topological polar surface area (TPSA) is 96.5 Å². The lowest BCUT2D eigenvalue weighted by Gasteiger charge is -2.21. The monoisotopic (exact) mass is 401 g/mol. The van der Waals surface area contributed by atoms with Gasteiger partial charge in [-0.15, -0.1) is 0 Å². The maximum absolute atomic E-state index is 14.1. The molecule has 0 fully saturated rings. The van der Waals surface area contributed by atoms with E-state index in [0.717, 1.165) is 11.6 Å². The lowest BCUT2D eigenvalue weighted by molar-refractivity contribution is -0.119. The Morgan fingerprint density at radius 1 is 1.03 bits per heavy atom. The number of nitrogens with one attached hydrogen (secondary N) is 3. The van der Waals surface area contributed by atoms with Gasteiger partial charge in [-0.2, -0.15) is 0 Å². The molecule has 0 aliphatic heterocycles. The van der Waals surface area contributed by atoms with Crippen molar-refractivity contribution in [1.29, 1.82) is 0 Å². The third-order valence-electron chi connectivity index (χ3n) is 3.98. The molecule has 0 unspecified atom stereocenters. The number of rotatable bonds is 7. The summed E-state index contributed by atoms with van der Waals surface area (Å²) >= 11 is 0. The Morgan fingerprint density at radius 2 is 1.72 bits per heavy atom. The maximum atomic E-state index is 14.1. The summed E-state index contributed by atoms with van der Waals surface area (Å²) < 4.78 is 19.2. The van der Waals surface area contributed by atoms with Crippen molar-refractivity contribution in [1.82, 2.24) is 5.32 Å². The molecule has 0 aliphatic rings. The molecule has 2 aromatic carbocycles. The number of hydrogen-bond donors (Lipinski definition) is 3. The second-order valence-corrected chi connectivity index (χ2v) is 6.79. The Kier molecular flexibility index (Phi) is 7.70. The summed E-state index contributed by atoms with van der Waals surface area (Å²) in [6, 6.07) is 12.0. The zero-order chi connectivity index (χ0) is 21.4. The van der Waals surface area contributed by atoms with Crippen molar-refractivity contribution < 1.29 is 23.5 Å². The third-order valence-corrected chi connectivity index (χ3v) is 3.98. The quantitative estimate of drug-likeness (QED) is 0.659. The van der Waals surface area contributed by atoms with Crippen LogP contribution < -0.4 is 16.0 Å². The molecule has 3 amide bonds. The first-order valence-corrected chi connectivity index (χ1v) is 9.11. The number of alkyl carbamates (subject to hydrolysis) is 1. The molecule has 0 aromatic heterocycles. The summed E-state index contributed by atoms with van der Waals surface area (Å²) in [5, 5.41) is 7.47. The number of carbonyl (C=O) groups excluding carboxylic acids is 3. The number of amides is 3. The van der Waals surface area contributed by atoms with E-state index in [2.05, 4.69) is 16.0 Å². The first kappa shape index (κ1) is 21.9. The van der Waals surface area contributed by atoms with Crippen molar-refractivity contribution in [2.24, 2.45) is 5.92 Å². The predicted octanol–water partition coefficient (Wildman–Crippen LogP) is 3.67. The van der Waals surface area contributed by atoms with Crippen molar-refractivity contribution in [3.63, 3.8) is 0 Å². The van der Waals surface area contributed by atoms with E-state index in [1.54, 1.807) is 13.8 Å². The fourth-order valence-corrected chi connectivity index (χ4v) is 2.54. The molecule has 0 spiro atoms. The van der Waals surface area contributed by atoms with E-state index in [4.69, 9.17) is 4.74 Å². The lowest BCUT2D eigenvalue weighted by atomic mass is 10.0. The van der Waals surface area contributed by atoms with Crippen LogP contribution in [0.3, 0.4) is 0 Å². The first-order valence-electron chi connectivity index (χ1n) is 9.11. The first-order chi connectivity index (χ1) is 13.8. The standard InChI is InChI=1S/C21H24FN3O4/c1-13(2)19(25-21(28)29-12-15-7-5-4-6-8-15)20(27)24-18-11-16(23-14(3)26)9-10-17(18)22/h4-11,13,19H,12H2,1-3H3,(H,23,26)(H,24,27)(H,25,28)/t19-/m0/s1. The van der Waals surface area contributed by atoms with Crippen molar-refractivity contribution in [3.8, 4) is 0 Å². The van der Waals surface area contributed by atoms with Crippen LogP contribution >= 0.6 is 0 Å². The van der Waals surface area contributed by atoms with Crippen LogP contribution in [0.1, 0.15) is 26.3 Å². The van der Waals surface area contributed by atoms with Gasteiger partial charge in [-0.3, -0.25) is 9.59 Å². The molecule has 3 N–H and O–H groups in total. The van der Waals surface area contributed by atoms with Crippen LogP contribution in [-0.4, -0.2) is 23.9 Å². The van der Waals surface area contributed by atoms with Gasteiger partial charge in [0.15, 0.2) is 0 Å². The highest BCUT2D eigenvalue weighted by Gasteiger charge is 2.25. The third kappa shape index (κ3) is 6.91. The highest BCUT2D eigenvalue weighted by atomic mass is 19.1. The van der Waals surface area contributed by atoms with Gasteiger partial charge >= 0.3 is 6.09 Å². The van der Waals surface area contributed by atoms with Crippen LogP contribution in [0.2, 0.25) is 0 Å². The Labute approximate surface area is 168 Å². The highest BCUT2D eigenvalue weighted by molar-refractivity contribution is 5.97. The summed E-state index contributed by atoms with van der Waals surface area (Å²) in [6.45, 7) is 4.87. The number of hydrogen-bond acceptors (Lipinski definition) is 4. The largest absolute Gasteiger partial charge is 0.445 e. The van der Waals surface area contributed by atoms with Gasteiger partial charge < -0.3 is 20.7 Å². The summed E-state index contributed by atoms with van der Waals surface area (Å²) in [5.41, 5.74) is 1.04. The highest BCUT2D eigenvalue weighted by Crippen LogP contribution is 2.20. The number of halogens is 1. The van der Waals surface area contributed by atoms with Crippen LogP contribution in [0.25, 0.3) is 0 Å². The molecule has 0 aliphatic carbocycles. The predicted molar refractivity (Wildman–Crippen MR) is 108 cm³/mol. The van der Waals surface area contributed by atoms with Crippen molar-refractivity contribution in [3.05, 3.63) is 59.9 Å². The summed E-state index contributed by atoms with van der Waals surface area (Å²) in [6.07, 6.45) is -0.754. The minimum Gasteiger partial charge on any atom is -0.445 e. The van der Waals surface area contributed by atoms with Gasteiger partial charge in [0.25, 0.3) is 0 Å². The summed E-state index contributed by atoms with van der Waals surface area (Å²) in [7, 11) is 0. The Morgan fingerprint density at radius 3 is 2.34 bits per heavy atom. The van der Waals surface area contributed by atoms with Gasteiger partial charge in [0, 0.05) is 12.6 Å². The van der Waals surface area contributed by atoms with Crippen LogP contribution in [0.5, 0.6) is 0 Å². The molecule has 2 rings (SSSR count). The van der Waals surface area contributed by atoms with E-state index in [9.17, 15) is 18.8 Å². The molecule has 7 nitrogen and oxygen atoms in total. The van der Waals surface area contributed by atoms with Gasteiger partial charge in [-0.25, -0.2) is 9.18 Å². The van der Waals surface area contributed by atoms with Gasteiger partial charge in [0.1, 0.15) is 18.5 Å². The average Bonchev–Trinajstić information content (AvgIpc) is 2.67. The van der Waals surface area contributed by atoms with Gasteiger partial charge in [0.2, 0.25) is 11.8 Å². The van der Waals surface area contributed by atoms with Crippen LogP contribution in [0, 0.1) is 11.7 Å². The molecule has 29 heavy (non-hydrogen) atoms. The molecule has 0 saturated carbocycles. The maximum Gasteiger partial charge on any atom is 0.408 e. The van der Waals surface area contributed by atoms with Crippen molar-refractivity contribution in [2.45, 2.75) is 33.4 Å². The smallest absolute Gasteiger partial charge is 0.408 e. The van der Waals surface area contributed by atoms with E-state index in [1.807, 2.05) is 30.3 Å². The second-order valence-electron chi connectivity index (χ2n) is 6.79. The molecule has 1 atom stereocenters. The number of benzene rings is 2. The molecular formula is C21H24FN3O4. The van der Waals surface area contributed by atoms with E-state index < -0.39 is 23.9 Å².